The summed E-state index contributed by atoms with van der Waals surface area (Å²) in [6.45, 7) is 2.03. The van der Waals surface area contributed by atoms with Crippen molar-refractivity contribution < 1.29 is 4.74 Å². The quantitative estimate of drug-likeness (QED) is 0.707. The van der Waals surface area contributed by atoms with E-state index in [0.717, 1.165) is 10.8 Å². The third-order valence-corrected chi connectivity index (χ3v) is 3.34. The molecule has 1 nitrogen and oxygen atoms in total. The van der Waals surface area contributed by atoms with Crippen LogP contribution < -0.4 is 4.74 Å². The smallest absolute Gasteiger partial charge is 0.118 e. The number of hydrogen-bond donors (Lipinski definition) is 0. The number of allylic oxidation sites excluding steroid dienone is 2. The lowest BCUT2D eigenvalue weighted by molar-refractivity contribution is 0.414. The predicted octanol–water partition coefficient (Wildman–Crippen LogP) is 5.06. The summed E-state index contributed by atoms with van der Waals surface area (Å²) in [6, 6.07) is 16.2. The third-order valence-electron chi connectivity index (χ3n) is 3.09. The Morgan fingerprint density at radius 3 is 1.95 bits per heavy atom. The van der Waals surface area contributed by atoms with E-state index in [1.165, 1.54) is 11.1 Å². The predicted molar refractivity (Wildman–Crippen MR) is 81.1 cm³/mol. The van der Waals surface area contributed by atoms with Crippen LogP contribution >= 0.6 is 11.6 Å². The lowest BCUT2D eigenvalue weighted by Crippen LogP contribution is -1.97. The molecule has 0 spiro atoms. The van der Waals surface area contributed by atoms with E-state index in [1.54, 1.807) is 7.11 Å². The summed E-state index contributed by atoms with van der Waals surface area (Å²) >= 11 is 5.94. The topological polar surface area (TPSA) is 9.23 Å². The summed E-state index contributed by atoms with van der Waals surface area (Å²) in [6.07, 6.45) is 4.26. The van der Waals surface area contributed by atoms with E-state index in [9.17, 15) is 0 Å². The second-order valence-corrected chi connectivity index (χ2v) is 4.76. The molecule has 0 N–H and O–H groups in total. The van der Waals surface area contributed by atoms with Crippen LogP contribution in [0.4, 0.5) is 0 Å². The zero-order valence-electron chi connectivity index (χ0n) is 11.1. The van der Waals surface area contributed by atoms with Gasteiger partial charge in [0.15, 0.2) is 0 Å². The van der Waals surface area contributed by atoms with Crippen LogP contribution in [0.15, 0.2) is 60.7 Å². The monoisotopic (exact) mass is 272 g/mol. The van der Waals surface area contributed by atoms with Crippen LogP contribution in [-0.2, 0) is 0 Å². The highest BCUT2D eigenvalue weighted by Gasteiger charge is 2.10. The number of methoxy groups -OCH3 is 1. The average molecular weight is 273 g/mol. The first kappa shape index (κ1) is 13.7. The van der Waals surface area contributed by atoms with Crippen molar-refractivity contribution in [1.82, 2.24) is 0 Å². The van der Waals surface area contributed by atoms with Crippen molar-refractivity contribution in [2.24, 2.45) is 0 Å². The van der Waals surface area contributed by atoms with Gasteiger partial charge in [0.25, 0.3) is 0 Å². The Labute approximate surface area is 119 Å². The van der Waals surface area contributed by atoms with Gasteiger partial charge in [0.05, 0.1) is 7.11 Å². The van der Waals surface area contributed by atoms with E-state index in [1.807, 2.05) is 31.2 Å². The summed E-state index contributed by atoms with van der Waals surface area (Å²) in [5.41, 5.74) is 2.47. The van der Waals surface area contributed by atoms with Gasteiger partial charge < -0.3 is 4.74 Å². The van der Waals surface area contributed by atoms with Gasteiger partial charge in [-0.2, -0.15) is 0 Å². The average Bonchev–Trinajstić information content (AvgIpc) is 2.46. The Hall–Kier alpha value is -1.73. The summed E-state index contributed by atoms with van der Waals surface area (Å²) in [7, 11) is 1.68. The van der Waals surface area contributed by atoms with Crippen LogP contribution in [0.1, 0.15) is 24.0 Å². The Morgan fingerprint density at radius 1 is 0.947 bits per heavy atom. The maximum atomic E-state index is 5.94. The van der Waals surface area contributed by atoms with Gasteiger partial charge in [-0.1, -0.05) is 48.0 Å². The number of benzene rings is 2. The first-order valence-corrected chi connectivity index (χ1v) is 6.64. The summed E-state index contributed by atoms with van der Waals surface area (Å²) < 4.78 is 5.19. The number of ether oxygens (including phenoxy) is 1. The Kier molecular flexibility index (Phi) is 4.64. The lowest BCUT2D eigenvalue weighted by atomic mass is 9.91. The highest BCUT2D eigenvalue weighted by Crippen LogP contribution is 2.28. The summed E-state index contributed by atoms with van der Waals surface area (Å²) in [5, 5.41) is 0.762. The fraction of sp³-hybridized carbons (Fsp3) is 0.176. The van der Waals surface area contributed by atoms with Gasteiger partial charge in [-0.25, -0.2) is 0 Å². The molecule has 19 heavy (non-hydrogen) atoms. The maximum absolute atomic E-state index is 5.94. The largest absolute Gasteiger partial charge is 0.497 e. The molecule has 2 rings (SSSR count). The minimum atomic E-state index is 0.244. The fourth-order valence-corrected chi connectivity index (χ4v) is 2.21. The van der Waals surface area contributed by atoms with Crippen LogP contribution in [0, 0.1) is 0 Å². The lowest BCUT2D eigenvalue weighted by Gasteiger charge is -2.14. The van der Waals surface area contributed by atoms with E-state index < -0.39 is 0 Å². The molecule has 0 aliphatic carbocycles. The molecule has 0 aliphatic rings. The Balaban J connectivity index is 2.36. The summed E-state index contributed by atoms with van der Waals surface area (Å²) in [5.74, 6) is 1.12. The van der Waals surface area contributed by atoms with Gasteiger partial charge in [0, 0.05) is 10.9 Å². The molecule has 98 valence electrons. The molecule has 0 radical (unpaired) electrons. The molecule has 0 aliphatic heterocycles. The van der Waals surface area contributed by atoms with Gasteiger partial charge in [0.2, 0.25) is 0 Å². The number of hydrogen-bond acceptors (Lipinski definition) is 1. The number of halogens is 1. The molecule has 1 atom stereocenters. The molecular formula is C17H17ClO. The second kappa shape index (κ2) is 6.44. The van der Waals surface area contributed by atoms with E-state index in [4.69, 9.17) is 16.3 Å². The van der Waals surface area contributed by atoms with Gasteiger partial charge >= 0.3 is 0 Å². The van der Waals surface area contributed by atoms with Crippen molar-refractivity contribution >= 4 is 11.6 Å². The van der Waals surface area contributed by atoms with E-state index >= 15 is 0 Å². The zero-order chi connectivity index (χ0) is 13.7. The molecule has 0 heterocycles. The molecule has 2 heteroatoms. The van der Waals surface area contributed by atoms with E-state index in [0.29, 0.717) is 0 Å². The molecular weight excluding hydrogens is 256 g/mol. The van der Waals surface area contributed by atoms with Crippen LogP contribution in [0.3, 0.4) is 0 Å². The van der Waals surface area contributed by atoms with Gasteiger partial charge in [0.1, 0.15) is 5.75 Å². The van der Waals surface area contributed by atoms with Crippen molar-refractivity contribution in [3.8, 4) is 5.75 Å². The molecule has 1 unspecified atom stereocenters. The van der Waals surface area contributed by atoms with E-state index in [2.05, 4.69) is 36.4 Å². The van der Waals surface area contributed by atoms with Crippen molar-refractivity contribution in [3.05, 3.63) is 76.8 Å². The molecule has 0 aromatic heterocycles. The highest BCUT2D eigenvalue weighted by atomic mass is 35.5. The first-order valence-electron chi connectivity index (χ1n) is 6.27. The molecule has 0 bridgehead atoms. The van der Waals surface area contributed by atoms with E-state index in [-0.39, 0.29) is 5.92 Å². The molecule has 2 aromatic rings. The van der Waals surface area contributed by atoms with Gasteiger partial charge in [-0.05, 0) is 42.3 Å². The highest BCUT2D eigenvalue weighted by molar-refractivity contribution is 6.30. The maximum Gasteiger partial charge on any atom is 0.118 e. The van der Waals surface area contributed by atoms with Crippen molar-refractivity contribution in [3.63, 3.8) is 0 Å². The van der Waals surface area contributed by atoms with Gasteiger partial charge in [-0.15, -0.1) is 0 Å². The normalized spacial score (nSPS) is 12.6. The molecule has 0 saturated heterocycles. The SMILES string of the molecule is CC=CC(c1ccc(Cl)cc1)c1ccc(OC)cc1. The zero-order valence-corrected chi connectivity index (χ0v) is 11.9. The Bertz CT molecular complexity index is 540. The van der Waals surface area contributed by atoms with Gasteiger partial charge in [-0.3, -0.25) is 0 Å². The van der Waals surface area contributed by atoms with Crippen molar-refractivity contribution in [2.45, 2.75) is 12.8 Å². The minimum absolute atomic E-state index is 0.244. The summed E-state index contributed by atoms with van der Waals surface area (Å²) in [4.78, 5) is 0. The number of rotatable bonds is 4. The van der Waals surface area contributed by atoms with Crippen LogP contribution in [0.5, 0.6) is 5.75 Å². The third kappa shape index (κ3) is 3.39. The van der Waals surface area contributed by atoms with Crippen LogP contribution in [0.25, 0.3) is 0 Å². The standard InChI is InChI=1S/C17H17ClO/c1-3-4-17(13-5-9-15(18)10-6-13)14-7-11-16(19-2)12-8-14/h3-12,17H,1-2H3. The van der Waals surface area contributed by atoms with Crippen LogP contribution in [-0.4, -0.2) is 7.11 Å². The molecule has 0 fully saturated rings. The second-order valence-electron chi connectivity index (χ2n) is 4.33. The molecule has 0 amide bonds. The van der Waals surface area contributed by atoms with Crippen molar-refractivity contribution in [1.29, 1.82) is 0 Å². The fourth-order valence-electron chi connectivity index (χ4n) is 2.09. The van der Waals surface area contributed by atoms with Crippen molar-refractivity contribution in [2.75, 3.05) is 7.11 Å². The minimum Gasteiger partial charge on any atom is -0.497 e. The first-order chi connectivity index (χ1) is 9.24. The molecule has 2 aromatic carbocycles. The Morgan fingerprint density at radius 2 is 1.47 bits per heavy atom. The molecule has 0 saturated carbocycles. The van der Waals surface area contributed by atoms with Crippen LogP contribution in [0.2, 0.25) is 5.02 Å².